The fourth-order valence-corrected chi connectivity index (χ4v) is 2.51. The maximum absolute atomic E-state index is 5.87. The third-order valence-electron chi connectivity index (χ3n) is 3.64. The molecule has 3 heteroatoms. The predicted molar refractivity (Wildman–Crippen MR) is 70.3 cm³/mol. The number of hydrogen-bond acceptors (Lipinski definition) is 3. The van der Waals surface area contributed by atoms with Crippen molar-refractivity contribution in [3.8, 4) is 5.75 Å². The third kappa shape index (κ3) is 2.31. The average Bonchev–Trinajstić information content (AvgIpc) is 2.77. The SMILES string of the molecule is CNC(c1ccc2c(c1)CCO2)C(C)(C)CN. The number of fused-ring (bicyclic) bond motifs is 1. The van der Waals surface area contributed by atoms with Gasteiger partial charge in [0.1, 0.15) is 5.75 Å². The van der Waals surface area contributed by atoms with Gasteiger partial charge in [-0.15, -0.1) is 0 Å². The van der Waals surface area contributed by atoms with Crippen LogP contribution in [0.2, 0.25) is 0 Å². The summed E-state index contributed by atoms with van der Waals surface area (Å²) in [5.74, 6) is 1.04. The first-order valence-electron chi connectivity index (χ1n) is 6.21. The van der Waals surface area contributed by atoms with Gasteiger partial charge in [-0.25, -0.2) is 0 Å². The Morgan fingerprint density at radius 2 is 2.24 bits per heavy atom. The average molecular weight is 234 g/mol. The van der Waals surface area contributed by atoms with Gasteiger partial charge in [-0.1, -0.05) is 26.0 Å². The van der Waals surface area contributed by atoms with Gasteiger partial charge in [0, 0.05) is 12.5 Å². The highest BCUT2D eigenvalue weighted by molar-refractivity contribution is 5.41. The third-order valence-corrected chi connectivity index (χ3v) is 3.64. The van der Waals surface area contributed by atoms with E-state index in [0.717, 1.165) is 18.8 Å². The Morgan fingerprint density at radius 1 is 1.47 bits per heavy atom. The number of hydrogen-bond donors (Lipinski definition) is 2. The summed E-state index contributed by atoms with van der Waals surface area (Å²) in [6.45, 7) is 5.85. The second kappa shape index (κ2) is 4.67. The first-order valence-corrected chi connectivity index (χ1v) is 6.21. The van der Waals surface area contributed by atoms with Crippen LogP contribution in [-0.2, 0) is 6.42 Å². The molecule has 17 heavy (non-hydrogen) atoms. The van der Waals surface area contributed by atoms with Gasteiger partial charge < -0.3 is 15.8 Å². The van der Waals surface area contributed by atoms with Gasteiger partial charge in [-0.05, 0) is 36.2 Å². The topological polar surface area (TPSA) is 47.3 Å². The molecule has 0 radical (unpaired) electrons. The van der Waals surface area contributed by atoms with Crippen LogP contribution in [0.5, 0.6) is 5.75 Å². The Bertz CT molecular complexity index is 401. The van der Waals surface area contributed by atoms with Gasteiger partial charge in [0.15, 0.2) is 0 Å². The van der Waals surface area contributed by atoms with E-state index in [1.807, 2.05) is 7.05 Å². The summed E-state index contributed by atoms with van der Waals surface area (Å²) in [5.41, 5.74) is 8.53. The van der Waals surface area contributed by atoms with E-state index in [4.69, 9.17) is 10.5 Å². The molecule has 1 aromatic rings. The lowest BCUT2D eigenvalue weighted by atomic mass is 9.80. The van der Waals surface area contributed by atoms with Gasteiger partial charge in [0.05, 0.1) is 6.61 Å². The van der Waals surface area contributed by atoms with Gasteiger partial charge in [0.25, 0.3) is 0 Å². The zero-order valence-corrected chi connectivity index (χ0v) is 10.9. The molecule has 1 aliphatic rings. The lowest BCUT2D eigenvalue weighted by Gasteiger charge is -2.33. The molecule has 1 atom stereocenters. The molecule has 0 aromatic heterocycles. The van der Waals surface area contributed by atoms with Crippen molar-refractivity contribution in [3.63, 3.8) is 0 Å². The molecule has 0 saturated carbocycles. The summed E-state index contributed by atoms with van der Waals surface area (Å²) < 4.78 is 5.53. The fourth-order valence-electron chi connectivity index (χ4n) is 2.51. The molecule has 0 aliphatic carbocycles. The Balaban J connectivity index is 2.32. The Morgan fingerprint density at radius 3 is 2.88 bits per heavy atom. The van der Waals surface area contributed by atoms with Crippen LogP contribution < -0.4 is 15.8 Å². The molecule has 0 bridgehead atoms. The Kier molecular flexibility index (Phi) is 3.40. The summed E-state index contributed by atoms with van der Waals surface area (Å²) >= 11 is 0. The van der Waals surface area contributed by atoms with E-state index < -0.39 is 0 Å². The van der Waals surface area contributed by atoms with E-state index in [9.17, 15) is 0 Å². The van der Waals surface area contributed by atoms with Gasteiger partial charge in [-0.2, -0.15) is 0 Å². The maximum atomic E-state index is 5.87. The van der Waals surface area contributed by atoms with Crippen molar-refractivity contribution in [3.05, 3.63) is 29.3 Å². The number of nitrogens with two attached hydrogens (primary N) is 1. The first kappa shape index (κ1) is 12.4. The minimum atomic E-state index is 0.0441. The summed E-state index contributed by atoms with van der Waals surface area (Å²) in [4.78, 5) is 0. The van der Waals surface area contributed by atoms with Crippen molar-refractivity contribution < 1.29 is 4.74 Å². The lowest BCUT2D eigenvalue weighted by Crippen LogP contribution is -2.37. The Labute approximate surface area is 103 Å². The van der Waals surface area contributed by atoms with Crippen molar-refractivity contribution in [2.75, 3.05) is 20.2 Å². The smallest absolute Gasteiger partial charge is 0.122 e. The highest BCUT2D eigenvalue weighted by Crippen LogP contribution is 2.35. The number of rotatable bonds is 4. The second-order valence-electron chi connectivity index (χ2n) is 5.38. The van der Waals surface area contributed by atoms with Crippen LogP contribution in [0.25, 0.3) is 0 Å². The molecular formula is C14H22N2O. The highest BCUT2D eigenvalue weighted by atomic mass is 16.5. The highest BCUT2D eigenvalue weighted by Gasteiger charge is 2.29. The molecule has 1 aliphatic heterocycles. The quantitative estimate of drug-likeness (QED) is 0.836. The molecule has 2 rings (SSSR count). The van der Waals surface area contributed by atoms with Crippen LogP contribution in [0.3, 0.4) is 0 Å². The van der Waals surface area contributed by atoms with Crippen LogP contribution >= 0.6 is 0 Å². The summed E-state index contributed by atoms with van der Waals surface area (Å²) in [7, 11) is 1.99. The molecular weight excluding hydrogens is 212 g/mol. The molecule has 1 heterocycles. The zero-order valence-electron chi connectivity index (χ0n) is 10.9. The monoisotopic (exact) mass is 234 g/mol. The molecule has 1 aromatic carbocycles. The number of benzene rings is 1. The second-order valence-corrected chi connectivity index (χ2v) is 5.38. The molecule has 3 N–H and O–H groups in total. The van der Waals surface area contributed by atoms with Crippen molar-refractivity contribution >= 4 is 0 Å². The van der Waals surface area contributed by atoms with Crippen LogP contribution in [0.15, 0.2) is 18.2 Å². The van der Waals surface area contributed by atoms with Gasteiger partial charge in [-0.3, -0.25) is 0 Å². The first-order chi connectivity index (χ1) is 8.08. The predicted octanol–water partition coefficient (Wildman–Crippen LogP) is 1.87. The van der Waals surface area contributed by atoms with Crippen molar-refractivity contribution in [1.29, 1.82) is 0 Å². The van der Waals surface area contributed by atoms with Gasteiger partial charge >= 0.3 is 0 Å². The minimum Gasteiger partial charge on any atom is -0.493 e. The van der Waals surface area contributed by atoms with Gasteiger partial charge in [0.2, 0.25) is 0 Å². The van der Waals surface area contributed by atoms with Crippen LogP contribution in [0.4, 0.5) is 0 Å². The van der Waals surface area contributed by atoms with Crippen LogP contribution in [0, 0.1) is 5.41 Å². The summed E-state index contributed by atoms with van der Waals surface area (Å²) in [6.07, 6.45) is 1.02. The summed E-state index contributed by atoms with van der Waals surface area (Å²) in [6, 6.07) is 6.75. The molecule has 1 unspecified atom stereocenters. The van der Waals surface area contributed by atoms with E-state index in [2.05, 4.69) is 37.4 Å². The molecule has 0 amide bonds. The minimum absolute atomic E-state index is 0.0441. The fraction of sp³-hybridized carbons (Fsp3) is 0.571. The van der Waals surface area contributed by atoms with Crippen molar-refractivity contribution in [1.82, 2.24) is 5.32 Å². The van der Waals surface area contributed by atoms with E-state index >= 15 is 0 Å². The molecule has 94 valence electrons. The molecule has 3 nitrogen and oxygen atoms in total. The van der Waals surface area contributed by atoms with E-state index in [1.54, 1.807) is 0 Å². The van der Waals surface area contributed by atoms with E-state index in [0.29, 0.717) is 6.54 Å². The molecule has 0 saturated heterocycles. The molecule has 0 fully saturated rings. The van der Waals surface area contributed by atoms with Crippen LogP contribution in [-0.4, -0.2) is 20.2 Å². The lowest BCUT2D eigenvalue weighted by molar-refractivity contribution is 0.265. The standard InChI is InChI=1S/C14H22N2O/c1-14(2,9-15)13(16-3)11-4-5-12-10(8-11)6-7-17-12/h4-5,8,13,16H,6-7,9,15H2,1-3H3. The number of nitrogens with one attached hydrogen (secondary N) is 1. The normalized spacial score (nSPS) is 16.5. The van der Waals surface area contributed by atoms with E-state index in [-0.39, 0.29) is 11.5 Å². The molecule has 0 spiro atoms. The zero-order chi connectivity index (χ0) is 12.5. The summed E-state index contributed by atoms with van der Waals surface area (Å²) in [5, 5.41) is 3.38. The maximum Gasteiger partial charge on any atom is 0.122 e. The Hall–Kier alpha value is -1.06. The number of ether oxygens (including phenoxy) is 1. The van der Waals surface area contributed by atoms with Crippen molar-refractivity contribution in [2.45, 2.75) is 26.3 Å². The largest absolute Gasteiger partial charge is 0.493 e. The van der Waals surface area contributed by atoms with Crippen molar-refractivity contribution in [2.24, 2.45) is 11.1 Å². The van der Waals surface area contributed by atoms with Crippen LogP contribution in [0.1, 0.15) is 31.0 Å². The van der Waals surface area contributed by atoms with E-state index in [1.165, 1.54) is 11.1 Å².